The van der Waals surface area contributed by atoms with Gasteiger partial charge in [0.25, 0.3) is 0 Å². The van der Waals surface area contributed by atoms with Crippen molar-refractivity contribution in [2.24, 2.45) is 11.7 Å². The monoisotopic (exact) mass is 338 g/mol. The summed E-state index contributed by atoms with van der Waals surface area (Å²) in [6.07, 6.45) is 2.14. The molecular formula is C20H22N2OS. The Kier molecular flexibility index (Phi) is 4.95. The summed E-state index contributed by atoms with van der Waals surface area (Å²) in [7, 11) is 0. The average Bonchev–Trinajstić information content (AvgIpc) is 2.55. The summed E-state index contributed by atoms with van der Waals surface area (Å²) in [5, 5.41) is 3.50. The molecule has 3 N–H and O–H groups in total. The molecule has 0 spiro atoms. The zero-order valence-electron chi connectivity index (χ0n) is 13.8. The maximum Gasteiger partial charge on any atom is 0.219 e. The molecule has 0 saturated carbocycles. The van der Waals surface area contributed by atoms with Crippen LogP contribution in [0.5, 0.6) is 0 Å². The second kappa shape index (κ2) is 7.14. The Morgan fingerprint density at radius 1 is 1.17 bits per heavy atom. The van der Waals surface area contributed by atoms with Crippen LogP contribution in [0.3, 0.4) is 0 Å². The maximum absolute atomic E-state index is 11.5. The molecule has 2 aromatic carbocycles. The maximum atomic E-state index is 11.5. The normalized spacial score (nSPS) is 19.5. The summed E-state index contributed by atoms with van der Waals surface area (Å²) in [5.74, 6) is -0.169. The molecule has 1 amide bonds. The van der Waals surface area contributed by atoms with E-state index < -0.39 is 0 Å². The first kappa shape index (κ1) is 16.7. The van der Waals surface area contributed by atoms with Gasteiger partial charge in [0.15, 0.2) is 0 Å². The van der Waals surface area contributed by atoms with Crippen molar-refractivity contribution < 1.29 is 4.79 Å². The quantitative estimate of drug-likeness (QED) is 0.819. The molecule has 1 aliphatic rings. The van der Waals surface area contributed by atoms with Gasteiger partial charge in [-0.3, -0.25) is 4.79 Å². The Morgan fingerprint density at radius 3 is 2.62 bits per heavy atom. The van der Waals surface area contributed by atoms with E-state index in [1.807, 2.05) is 30.3 Å². The van der Waals surface area contributed by atoms with Crippen molar-refractivity contribution in [1.82, 2.24) is 0 Å². The largest absolute Gasteiger partial charge is 0.381 e. The van der Waals surface area contributed by atoms with Crippen molar-refractivity contribution >= 4 is 28.7 Å². The predicted molar refractivity (Wildman–Crippen MR) is 102 cm³/mol. The number of nitrogens with two attached hydrogens (primary N) is 1. The van der Waals surface area contributed by atoms with E-state index in [1.54, 1.807) is 0 Å². The number of hydrogen-bond donors (Lipinski definition) is 2. The molecule has 3 rings (SSSR count). The Morgan fingerprint density at radius 2 is 1.92 bits per heavy atom. The summed E-state index contributed by atoms with van der Waals surface area (Å²) >= 11 is 5.82. The molecule has 124 valence electrons. The number of carbonyl (C=O) groups excluding carboxylic acids is 1. The highest BCUT2D eigenvalue weighted by molar-refractivity contribution is 7.81. The van der Waals surface area contributed by atoms with Gasteiger partial charge in [-0.05, 0) is 37.0 Å². The summed E-state index contributed by atoms with van der Waals surface area (Å²) in [6, 6.07) is 16.4. The number of nitrogens with one attached hydrogen (secondary N) is 1. The van der Waals surface area contributed by atoms with E-state index in [-0.39, 0.29) is 17.9 Å². The highest BCUT2D eigenvalue weighted by Gasteiger charge is 2.33. The van der Waals surface area contributed by atoms with Crippen LogP contribution in [-0.2, 0) is 11.2 Å². The molecule has 4 heteroatoms. The molecular weight excluding hydrogens is 316 g/mol. The summed E-state index contributed by atoms with van der Waals surface area (Å²) < 4.78 is 0. The standard InChI is InChI=1S/C20H22N2OS/c1-13-6-5-9-16-19(13)20(24)15(17(22-16)12-18(21)23)11-10-14-7-3-2-4-8-14/h2-9,15,17,22H,10-12H2,1H3,(H2,21,23). The summed E-state index contributed by atoms with van der Waals surface area (Å²) in [5.41, 5.74) is 10.1. The first-order chi connectivity index (χ1) is 11.6. The van der Waals surface area contributed by atoms with Crippen molar-refractivity contribution in [3.8, 4) is 0 Å². The number of amides is 1. The molecule has 0 radical (unpaired) electrons. The van der Waals surface area contributed by atoms with E-state index in [1.165, 1.54) is 11.1 Å². The van der Waals surface area contributed by atoms with Crippen LogP contribution in [0.1, 0.15) is 29.5 Å². The first-order valence-electron chi connectivity index (χ1n) is 8.29. The Labute approximate surface area is 148 Å². The molecule has 0 aromatic heterocycles. The van der Waals surface area contributed by atoms with Gasteiger partial charge < -0.3 is 11.1 Å². The van der Waals surface area contributed by atoms with Crippen LogP contribution in [0, 0.1) is 12.8 Å². The fourth-order valence-electron chi connectivity index (χ4n) is 3.49. The van der Waals surface area contributed by atoms with Crippen molar-refractivity contribution in [2.75, 3.05) is 5.32 Å². The van der Waals surface area contributed by atoms with Gasteiger partial charge in [-0.15, -0.1) is 0 Å². The lowest BCUT2D eigenvalue weighted by atomic mass is 9.80. The second-order valence-corrected chi connectivity index (χ2v) is 6.85. The van der Waals surface area contributed by atoms with E-state index in [2.05, 4.69) is 30.4 Å². The molecule has 1 heterocycles. The van der Waals surface area contributed by atoms with Gasteiger partial charge in [0.1, 0.15) is 0 Å². The molecule has 24 heavy (non-hydrogen) atoms. The van der Waals surface area contributed by atoms with Crippen molar-refractivity contribution in [2.45, 2.75) is 32.2 Å². The number of hydrogen-bond acceptors (Lipinski definition) is 3. The van der Waals surface area contributed by atoms with Crippen LogP contribution in [0.4, 0.5) is 5.69 Å². The van der Waals surface area contributed by atoms with Crippen LogP contribution in [-0.4, -0.2) is 16.8 Å². The third-order valence-corrected chi connectivity index (χ3v) is 5.20. The number of aryl methyl sites for hydroxylation is 2. The second-order valence-electron chi connectivity index (χ2n) is 6.41. The zero-order chi connectivity index (χ0) is 17.1. The molecule has 0 aliphatic carbocycles. The molecule has 3 nitrogen and oxygen atoms in total. The fraction of sp³-hybridized carbons (Fsp3) is 0.300. The molecule has 2 aromatic rings. The van der Waals surface area contributed by atoms with Gasteiger partial charge in [-0.25, -0.2) is 0 Å². The molecule has 0 bridgehead atoms. The first-order valence-corrected chi connectivity index (χ1v) is 8.69. The molecule has 2 unspecified atom stereocenters. The molecule has 2 atom stereocenters. The molecule has 0 fully saturated rings. The van der Waals surface area contributed by atoms with Crippen molar-refractivity contribution in [3.63, 3.8) is 0 Å². The minimum Gasteiger partial charge on any atom is -0.381 e. The number of primary amides is 1. The van der Waals surface area contributed by atoms with Gasteiger partial charge in [-0.1, -0.05) is 54.7 Å². The van der Waals surface area contributed by atoms with Crippen LogP contribution in [0.25, 0.3) is 0 Å². The zero-order valence-corrected chi connectivity index (χ0v) is 14.6. The van der Waals surface area contributed by atoms with Crippen LogP contribution < -0.4 is 11.1 Å². The van der Waals surface area contributed by atoms with Gasteiger partial charge in [0.2, 0.25) is 5.91 Å². The van der Waals surface area contributed by atoms with Crippen LogP contribution in [0.15, 0.2) is 48.5 Å². The minimum absolute atomic E-state index is 0.0342. The van der Waals surface area contributed by atoms with Gasteiger partial charge in [-0.2, -0.15) is 0 Å². The van der Waals surface area contributed by atoms with Gasteiger partial charge in [0.05, 0.1) is 0 Å². The molecule has 0 saturated heterocycles. The fourth-order valence-corrected chi connectivity index (χ4v) is 4.05. The Balaban J connectivity index is 1.87. The average molecular weight is 338 g/mol. The lowest BCUT2D eigenvalue weighted by Crippen LogP contribution is -2.42. The lowest BCUT2D eigenvalue weighted by Gasteiger charge is -2.36. The number of fused-ring (bicyclic) bond motifs is 1. The van der Waals surface area contributed by atoms with E-state index >= 15 is 0 Å². The Hall–Kier alpha value is -2.20. The van der Waals surface area contributed by atoms with Crippen LogP contribution in [0.2, 0.25) is 0 Å². The number of anilines is 1. The topological polar surface area (TPSA) is 55.1 Å². The number of benzene rings is 2. The molecule has 1 aliphatic heterocycles. The van der Waals surface area contributed by atoms with Gasteiger partial charge >= 0.3 is 0 Å². The number of thiocarbonyl (C=S) groups is 1. The number of carbonyl (C=O) groups is 1. The van der Waals surface area contributed by atoms with Crippen molar-refractivity contribution in [1.29, 1.82) is 0 Å². The summed E-state index contributed by atoms with van der Waals surface area (Å²) in [6.45, 7) is 2.08. The third-order valence-electron chi connectivity index (χ3n) is 4.69. The van der Waals surface area contributed by atoms with Gasteiger partial charge in [0, 0.05) is 34.5 Å². The van der Waals surface area contributed by atoms with Crippen molar-refractivity contribution in [3.05, 3.63) is 65.2 Å². The number of rotatable bonds is 5. The Bertz CT molecular complexity index is 757. The third kappa shape index (κ3) is 3.49. The smallest absolute Gasteiger partial charge is 0.219 e. The summed E-state index contributed by atoms with van der Waals surface area (Å²) in [4.78, 5) is 12.5. The highest BCUT2D eigenvalue weighted by atomic mass is 32.1. The van der Waals surface area contributed by atoms with E-state index in [0.29, 0.717) is 6.42 Å². The van der Waals surface area contributed by atoms with E-state index in [0.717, 1.165) is 29.0 Å². The van der Waals surface area contributed by atoms with E-state index in [9.17, 15) is 4.79 Å². The highest BCUT2D eigenvalue weighted by Crippen LogP contribution is 2.34. The predicted octanol–water partition coefficient (Wildman–Crippen LogP) is 3.63. The van der Waals surface area contributed by atoms with Crippen LogP contribution >= 0.6 is 12.2 Å². The minimum atomic E-state index is -0.295. The lowest BCUT2D eigenvalue weighted by molar-refractivity contribution is -0.118. The SMILES string of the molecule is Cc1cccc2c1C(=S)C(CCc1ccccc1)C(CC(N)=O)N2. The van der Waals surface area contributed by atoms with E-state index in [4.69, 9.17) is 18.0 Å².